The van der Waals surface area contributed by atoms with Crippen molar-refractivity contribution < 1.29 is 4.74 Å². The molecule has 2 aromatic rings. The molecular formula is C18H30N6OS. The number of aliphatic imine (C=N–C) groups is 1. The summed E-state index contributed by atoms with van der Waals surface area (Å²) < 4.78 is 7.34. The molecule has 2 aromatic heterocycles. The third kappa shape index (κ3) is 7.13. The predicted octanol–water partition coefficient (Wildman–Crippen LogP) is 2.28. The highest BCUT2D eigenvalue weighted by Crippen LogP contribution is 2.08. The number of aryl methyl sites for hydroxylation is 1. The largest absolute Gasteiger partial charge is 0.382 e. The topological polar surface area (TPSA) is 76.4 Å². The fraction of sp³-hybridized carbons (Fsp3) is 0.611. The minimum Gasteiger partial charge on any atom is -0.382 e. The predicted molar refractivity (Wildman–Crippen MR) is 107 cm³/mol. The van der Waals surface area contributed by atoms with Crippen molar-refractivity contribution in [1.29, 1.82) is 0 Å². The fourth-order valence-corrected chi connectivity index (χ4v) is 3.06. The van der Waals surface area contributed by atoms with Gasteiger partial charge in [0.25, 0.3) is 0 Å². The number of aromatic nitrogens is 3. The molecule has 0 atom stereocenters. The smallest absolute Gasteiger partial charge is 0.191 e. The number of nitrogens with one attached hydrogen (secondary N) is 2. The molecule has 0 unspecified atom stereocenters. The second kappa shape index (κ2) is 11.6. The maximum absolute atomic E-state index is 5.38. The van der Waals surface area contributed by atoms with Crippen LogP contribution in [0.15, 0.2) is 22.5 Å². The number of nitrogens with zero attached hydrogens (tertiary/aromatic N) is 4. The van der Waals surface area contributed by atoms with E-state index in [4.69, 9.17) is 4.74 Å². The van der Waals surface area contributed by atoms with Gasteiger partial charge in [0.15, 0.2) is 11.8 Å². The van der Waals surface area contributed by atoms with Crippen molar-refractivity contribution in [3.8, 4) is 0 Å². The summed E-state index contributed by atoms with van der Waals surface area (Å²) in [5.74, 6) is 2.57. The minimum atomic E-state index is 0.505. The summed E-state index contributed by atoms with van der Waals surface area (Å²) >= 11 is 1.78. The van der Waals surface area contributed by atoms with Crippen molar-refractivity contribution in [2.24, 2.45) is 12.0 Å². The van der Waals surface area contributed by atoms with Gasteiger partial charge in [0, 0.05) is 38.2 Å². The minimum absolute atomic E-state index is 0.505. The van der Waals surface area contributed by atoms with Gasteiger partial charge >= 0.3 is 0 Å². The van der Waals surface area contributed by atoms with Crippen LogP contribution in [0.3, 0.4) is 0 Å². The molecule has 0 aromatic carbocycles. The number of hydrogen-bond donors (Lipinski definition) is 2. The summed E-state index contributed by atoms with van der Waals surface area (Å²) in [4.78, 5) is 6.04. The summed E-state index contributed by atoms with van der Waals surface area (Å²) in [5.41, 5.74) is 0. The van der Waals surface area contributed by atoms with E-state index in [9.17, 15) is 0 Å². The maximum Gasteiger partial charge on any atom is 0.191 e. The number of ether oxygens (including phenoxy) is 1. The Bertz CT molecular complexity index is 653. The highest BCUT2D eigenvalue weighted by atomic mass is 32.1. The second-order valence-corrected chi connectivity index (χ2v) is 7.01. The molecule has 0 saturated heterocycles. The number of guanidine groups is 1. The molecule has 7 nitrogen and oxygen atoms in total. The molecule has 0 bridgehead atoms. The molecule has 2 rings (SSSR count). The van der Waals surface area contributed by atoms with Gasteiger partial charge in [-0.1, -0.05) is 6.07 Å². The van der Waals surface area contributed by atoms with Crippen molar-refractivity contribution in [3.05, 3.63) is 34.0 Å². The average Bonchev–Trinajstić information content (AvgIpc) is 3.26. The van der Waals surface area contributed by atoms with E-state index in [1.807, 2.05) is 25.5 Å². The van der Waals surface area contributed by atoms with Gasteiger partial charge in [0.05, 0.1) is 0 Å². The highest BCUT2D eigenvalue weighted by Gasteiger charge is 2.05. The Kier molecular flexibility index (Phi) is 9.13. The van der Waals surface area contributed by atoms with E-state index in [-0.39, 0.29) is 0 Å². The normalized spacial score (nSPS) is 11.7. The van der Waals surface area contributed by atoms with Crippen LogP contribution in [0.4, 0.5) is 0 Å². The molecule has 2 heterocycles. The van der Waals surface area contributed by atoms with Gasteiger partial charge < -0.3 is 19.9 Å². The van der Waals surface area contributed by atoms with E-state index >= 15 is 0 Å². The first-order chi connectivity index (χ1) is 12.7. The van der Waals surface area contributed by atoms with Crippen LogP contribution < -0.4 is 10.6 Å². The quantitative estimate of drug-likeness (QED) is 0.356. The maximum atomic E-state index is 5.38. The number of thiophene rings is 1. The molecule has 144 valence electrons. The summed E-state index contributed by atoms with van der Waals surface area (Å²) in [7, 11) is 1.96. The number of rotatable bonds is 11. The van der Waals surface area contributed by atoms with Gasteiger partial charge in [-0.15, -0.1) is 21.5 Å². The Labute approximate surface area is 159 Å². The monoisotopic (exact) mass is 378 g/mol. The molecule has 0 amide bonds. The zero-order valence-corrected chi connectivity index (χ0v) is 16.8. The Hall–Kier alpha value is -1.93. The van der Waals surface area contributed by atoms with Crippen LogP contribution in [-0.2, 0) is 24.8 Å². The fourth-order valence-electron chi connectivity index (χ4n) is 2.35. The van der Waals surface area contributed by atoms with Crippen molar-refractivity contribution in [3.63, 3.8) is 0 Å². The molecule has 8 heteroatoms. The van der Waals surface area contributed by atoms with Crippen molar-refractivity contribution in [1.82, 2.24) is 25.4 Å². The van der Waals surface area contributed by atoms with Crippen molar-refractivity contribution in [2.75, 3.05) is 26.3 Å². The van der Waals surface area contributed by atoms with Crippen molar-refractivity contribution in [2.45, 2.75) is 39.7 Å². The Morgan fingerprint density at radius 3 is 2.81 bits per heavy atom. The molecule has 0 aliphatic rings. The summed E-state index contributed by atoms with van der Waals surface area (Å²) in [6, 6.07) is 4.24. The lowest BCUT2D eigenvalue weighted by molar-refractivity contribution is 0.143. The van der Waals surface area contributed by atoms with E-state index in [1.165, 1.54) is 4.88 Å². The van der Waals surface area contributed by atoms with Gasteiger partial charge in [-0.05, 0) is 44.6 Å². The lowest BCUT2D eigenvalue weighted by Crippen LogP contribution is -2.39. The van der Waals surface area contributed by atoms with Gasteiger partial charge in [0.2, 0.25) is 0 Å². The van der Waals surface area contributed by atoms with Gasteiger partial charge in [-0.2, -0.15) is 0 Å². The molecule has 0 aliphatic carbocycles. The molecule has 0 radical (unpaired) electrons. The third-order valence-corrected chi connectivity index (χ3v) is 4.95. The van der Waals surface area contributed by atoms with Gasteiger partial charge in [-0.25, -0.2) is 4.99 Å². The van der Waals surface area contributed by atoms with Gasteiger partial charge in [0.1, 0.15) is 12.4 Å². The molecule has 2 N–H and O–H groups in total. The summed E-state index contributed by atoms with van der Waals surface area (Å²) in [5, 5.41) is 17.2. The zero-order chi connectivity index (χ0) is 18.6. The van der Waals surface area contributed by atoms with Crippen LogP contribution in [0.25, 0.3) is 0 Å². The highest BCUT2D eigenvalue weighted by molar-refractivity contribution is 7.09. The number of unbranched alkanes of at least 4 members (excludes halogenated alkanes) is 1. The Morgan fingerprint density at radius 1 is 1.27 bits per heavy atom. The SMILES string of the molecule is CCOCCCCNC(=NCc1nnc(C)n1C)NCCc1cccs1. The van der Waals surface area contributed by atoms with Crippen LogP contribution >= 0.6 is 11.3 Å². The standard InChI is InChI=1S/C18H30N6OS/c1-4-25-12-6-5-10-19-18(20-11-9-16-8-7-13-26-16)21-14-17-23-22-15(2)24(17)3/h7-8,13H,4-6,9-12,14H2,1-3H3,(H2,19,20,21). The van der Waals surface area contributed by atoms with Crippen LogP contribution in [0, 0.1) is 6.92 Å². The Balaban J connectivity index is 1.82. The van der Waals surface area contributed by atoms with Crippen LogP contribution in [0.2, 0.25) is 0 Å². The van der Waals surface area contributed by atoms with Gasteiger partial charge in [-0.3, -0.25) is 0 Å². The average molecular weight is 379 g/mol. The van der Waals surface area contributed by atoms with Crippen LogP contribution in [0.5, 0.6) is 0 Å². The molecule has 0 fully saturated rings. The molecular weight excluding hydrogens is 348 g/mol. The van der Waals surface area contributed by atoms with E-state index in [0.717, 1.165) is 63.2 Å². The molecule has 0 aliphatic heterocycles. The van der Waals surface area contributed by atoms with E-state index in [0.29, 0.717) is 6.54 Å². The van der Waals surface area contributed by atoms with E-state index in [1.54, 1.807) is 11.3 Å². The first kappa shape index (κ1) is 20.4. The lowest BCUT2D eigenvalue weighted by Gasteiger charge is -2.12. The first-order valence-corrected chi connectivity index (χ1v) is 10.1. The molecule has 0 spiro atoms. The number of hydrogen-bond acceptors (Lipinski definition) is 5. The summed E-state index contributed by atoms with van der Waals surface area (Å²) in [6.45, 7) is 7.78. The van der Waals surface area contributed by atoms with Crippen molar-refractivity contribution >= 4 is 17.3 Å². The molecule has 0 saturated carbocycles. The third-order valence-electron chi connectivity index (χ3n) is 4.02. The summed E-state index contributed by atoms with van der Waals surface area (Å²) in [6.07, 6.45) is 3.09. The second-order valence-electron chi connectivity index (χ2n) is 5.97. The molecule has 26 heavy (non-hydrogen) atoms. The van der Waals surface area contributed by atoms with Crippen LogP contribution in [0.1, 0.15) is 36.3 Å². The first-order valence-electron chi connectivity index (χ1n) is 9.18. The lowest BCUT2D eigenvalue weighted by atomic mass is 10.3. The van der Waals surface area contributed by atoms with E-state index in [2.05, 4.69) is 43.3 Å². The van der Waals surface area contributed by atoms with E-state index < -0.39 is 0 Å². The van der Waals surface area contributed by atoms with Crippen LogP contribution in [-0.4, -0.2) is 47.0 Å². The Morgan fingerprint density at radius 2 is 2.12 bits per heavy atom. The zero-order valence-electron chi connectivity index (χ0n) is 16.0.